The van der Waals surface area contributed by atoms with E-state index >= 15 is 0 Å². The fraction of sp³-hybridized carbons (Fsp3) is 0.333. The van der Waals surface area contributed by atoms with Gasteiger partial charge in [0.25, 0.3) is 5.91 Å². The molecule has 128 valence electrons. The second-order valence-corrected chi connectivity index (χ2v) is 6.04. The van der Waals surface area contributed by atoms with Crippen molar-refractivity contribution in [3.63, 3.8) is 0 Å². The summed E-state index contributed by atoms with van der Waals surface area (Å²) in [6, 6.07) is 1.78. The number of anilines is 1. The first kappa shape index (κ1) is 17.7. The first-order valence-corrected chi connectivity index (χ1v) is 8.05. The third kappa shape index (κ3) is 3.62. The maximum atomic E-state index is 12.2. The number of rotatable bonds is 6. The van der Waals surface area contributed by atoms with E-state index in [2.05, 4.69) is 10.4 Å². The number of hydrogen-bond donors (Lipinski definition) is 2. The monoisotopic (exact) mass is 350 g/mol. The first-order chi connectivity index (χ1) is 11.3. The van der Waals surface area contributed by atoms with Crippen LogP contribution in [-0.2, 0) is 16.1 Å². The number of ether oxygens (including phenoxy) is 1. The van der Waals surface area contributed by atoms with E-state index in [0.717, 1.165) is 17.0 Å². The van der Waals surface area contributed by atoms with Gasteiger partial charge in [-0.2, -0.15) is 5.10 Å². The quantitative estimate of drug-likeness (QED) is 0.765. The molecular weight excluding hydrogens is 332 g/mol. The second kappa shape index (κ2) is 7.26. The molecule has 2 aromatic rings. The third-order valence-corrected chi connectivity index (χ3v) is 4.55. The van der Waals surface area contributed by atoms with Crippen LogP contribution < -0.4 is 11.1 Å². The molecule has 2 aromatic heterocycles. The van der Waals surface area contributed by atoms with Gasteiger partial charge in [0.1, 0.15) is 11.5 Å². The van der Waals surface area contributed by atoms with Crippen molar-refractivity contribution in [3.8, 4) is 0 Å². The van der Waals surface area contributed by atoms with Crippen molar-refractivity contribution in [2.24, 2.45) is 5.73 Å². The van der Waals surface area contributed by atoms with E-state index in [4.69, 9.17) is 10.5 Å². The lowest BCUT2D eigenvalue weighted by atomic mass is 10.1. The summed E-state index contributed by atoms with van der Waals surface area (Å²) < 4.78 is 6.52. The molecule has 3 N–H and O–H groups in total. The molecule has 0 aliphatic carbocycles. The molecule has 8 nitrogen and oxygen atoms in total. The molecule has 9 heteroatoms. The minimum absolute atomic E-state index is 0.00997. The third-order valence-electron chi connectivity index (χ3n) is 3.33. The first-order valence-electron chi connectivity index (χ1n) is 7.23. The molecule has 0 aromatic carbocycles. The van der Waals surface area contributed by atoms with Crippen molar-refractivity contribution in [2.75, 3.05) is 11.9 Å². The highest BCUT2D eigenvalue weighted by atomic mass is 32.1. The highest BCUT2D eigenvalue weighted by Gasteiger charge is 2.25. The van der Waals surface area contributed by atoms with Crippen LogP contribution in [0, 0.1) is 13.8 Å². The Kier molecular flexibility index (Phi) is 5.35. The molecule has 0 radical (unpaired) electrons. The van der Waals surface area contributed by atoms with Gasteiger partial charge in [0.05, 0.1) is 17.0 Å². The number of aromatic nitrogens is 2. The largest absolute Gasteiger partial charge is 0.462 e. The molecule has 0 unspecified atom stereocenters. The number of nitrogens with zero attached hydrogens (tertiary/aromatic N) is 2. The number of primary amides is 1. The number of nitrogens with two attached hydrogens (primary N) is 1. The lowest BCUT2D eigenvalue weighted by Gasteiger charge is -2.08. The molecule has 0 fully saturated rings. The smallest absolute Gasteiger partial charge is 0.341 e. The fourth-order valence-corrected chi connectivity index (χ4v) is 3.22. The van der Waals surface area contributed by atoms with E-state index in [1.165, 1.54) is 4.68 Å². The number of carbonyl (C=O) groups excluding carboxylic acids is 3. The Balaban J connectivity index is 2.29. The van der Waals surface area contributed by atoms with Gasteiger partial charge in [0, 0.05) is 11.9 Å². The summed E-state index contributed by atoms with van der Waals surface area (Å²) in [7, 11) is 0. The van der Waals surface area contributed by atoms with E-state index in [1.54, 1.807) is 26.1 Å². The summed E-state index contributed by atoms with van der Waals surface area (Å²) in [5.41, 5.74) is 6.71. The zero-order valence-corrected chi connectivity index (χ0v) is 14.4. The Bertz CT molecular complexity index is 793. The average molecular weight is 350 g/mol. The van der Waals surface area contributed by atoms with Crippen LogP contribution in [0.15, 0.2) is 12.3 Å². The molecule has 0 atom stereocenters. The minimum atomic E-state index is -0.661. The van der Waals surface area contributed by atoms with Crippen molar-refractivity contribution in [1.82, 2.24) is 9.78 Å². The van der Waals surface area contributed by atoms with Crippen LogP contribution in [0.4, 0.5) is 5.00 Å². The fourth-order valence-electron chi connectivity index (χ4n) is 2.15. The number of aryl methyl sites for hydroxylation is 1. The highest BCUT2D eigenvalue weighted by molar-refractivity contribution is 7.18. The van der Waals surface area contributed by atoms with Gasteiger partial charge < -0.3 is 15.8 Å². The van der Waals surface area contributed by atoms with Gasteiger partial charge in [-0.15, -0.1) is 11.3 Å². The van der Waals surface area contributed by atoms with E-state index in [0.29, 0.717) is 5.56 Å². The van der Waals surface area contributed by atoms with Crippen LogP contribution in [0.5, 0.6) is 0 Å². The maximum absolute atomic E-state index is 12.2. The number of amides is 2. The number of esters is 1. The van der Waals surface area contributed by atoms with Gasteiger partial charge in [-0.3, -0.25) is 14.3 Å². The van der Waals surface area contributed by atoms with E-state index in [1.807, 2.05) is 6.92 Å². The second-order valence-electron chi connectivity index (χ2n) is 5.02. The molecule has 0 aliphatic rings. The lowest BCUT2D eigenvalue weighted by Crippen LogP contribution is -2.21. The van der Waals surface area contributed by atoms with Crippen molar-refractivity contribution in [2.45, 2.75) is 27.3 Å². The van der Waals surface area contributed by atoms with Gasteiger partial charge in [-0.25, -0.2) is 4.79 Å². The summed E-state index contributed by atoms with van der Waals surface area (Å²) in [6.07, 6.45) is 1.59. The predicted molar refractivity (Wildman–Crippen MR) is 89.1 cm³/mol. The minimum Gasteiger partial charge on any atom is -0.462 e. The van der Waals surface area contributed by atoms with Crippen LogP contribution in [0.1, 0.15) is 38.2 Å². The van der Waals surface area contributed by atoms with Crippen LogP contribution in [0.25, 0.3) is 0 Å². The lowest BCUT2D eigenvalue weighted by molar-refractivity contribution is -0.116. The Hall–Kier alpha value is -2.68. The van der Waals surface area contributed by atoms with Gasteiger partial charge in [0.15, 0.2) is 0 Å². The summed E-state index contributed by atoms with van der Waals surface area (Å²) in [6.45, 7) is 5.26. The van der Waals surface area contributed by atoms with Crippen LogP contribution in [0.3, 0.4) is 0 Å². The van der Waals surface area contributed by atoms with Crippen LogP contribution in [-0.4, -0.2) is 34.2 Å². The molecule has 0 saturated heterocycles. The van der Waals surface area contributed by atoms with Gasteiger partial charge in [-0.1, -0.05) is 0 Å². The van der Waals surface area contributed by atoms with Gasteiger partial charge in [0.2, 0.25) is 5.91 Å². The van der Waals surface area contributed by atoms with Gasteiger partial charge >= 0.3 is 5.97 Å². The van der Waals surface area contributed by atoms with Gasteiger partial charge in [-0.05, 0) is 32.4 Å². The van der Waals surface area contributed by atoms with Crippen LogP contribution >= 0.6 is 11.3 Å². The molecule has 2 amide bonds. The molecule has 2 heterocycles. The zero-order chi connectivity index (χ0) is 17.9. The molecule has 0 spiro atoms. The molecule has 24 heavy (non-hydrogen) atoms. The van der Waals surface area contributed by atoms with Crippen molar-refractivity contribution >= 4 is 34.1 Å². The standard InChI is InChI=1S/C15H18N4O4S/c1-4-23-15(22)11-9(3)12(13(16)21)24-14(11)18-10(20)7-19-8(2)5-6-17-19/h5-6H,4,7H2,1-3H3,(H2,16,21)(H,18,20). The zero-order valence-electron chi connectivity index (χ0n) is 13.6. The average Bonchev–Trinajstić information content (AvgIpc) is 3.03. The molecular formula is C15H18N4O4S. The van der Waals surface area contributed by atoms with Crippen molar-refractivity contribution < 1.29 is 19.1 Å². The number of hydrogen-bond acceptors (Lipinski definition) is 6. The topological polar surface area (TPSA) is 116 Å². The maximum Gasteiger partial charge on any atom is 0.341 e. The summed E-state index contributed by atoms with van der Waals surface area (Å²) in [5, 5.41) is 6.92. The Morgan fingerprint density at radius 3 is 2.62 bits per heavy atom. The molecule has 2 rings (SSSR count). The van der Waals surface area contributed by atoms with Crippen molar-refractivity contribution in [1.29, 1.82) is 0 Å². The molecule has 0 saturated carbocycles. The Labute approximate surface area is 142 Å². The van der Waals surface area contributed by atoms with E-state index in [9.17, 15) is 14.4 Å². The normalized spacial score (nSPS) is 10.5. The van der Waals surface area contributed by atoms with E-state index in [-0.39, 0.29) is 34.5 Å². The number of nitrogens with one attached hydrogen (secondary N) is 1. The predicted octanol–water partition coefficient (Wildman–Crippen LogP) is 1.48. The van der Waals surface area contributed by atoms with Crippen molar-refractivity contribution in [3.05, 3.63) is 34.0 Å². The van der Waals surface area contributed by atoms with E-state index < -0.39 is 11.9 Å². The molecule has 0 bridgehead atoms. The summed E-state index contributed by atoms with van der Waals surface area (Å²) >= 11 is 0.957. The molecule has 0 aliphatic heterocycles. The Morgan fingerprint density at radius 2 is 2.08 bits per heavy atom. The SMILES string of the molecule is CCOC(=O)c1c(NC(=O)Cn2nccc2C)sc(C(N)=O)c1C. The number of carbonyl (C=O) groups is 3. The Morgan fingerprint density at radius 1 is 1.38 bits per heavy atom. The highest BCUT2D eigenvalue weighted by Crippen LogP contribution is 2.33. The summed E-state index contributed by atoms with van der Waals surface area (Å²) in [5.74, 6) is -1.64. The summed E-state index contributed by atoms with van der Waals surface area (Å²) in [4.78, 5) is 36.1. The van der Waals surface area contributed by atoms with Crippen LogP contribution in [0.2, 0.25) is 0 Å². The number of thiophene rings is 1.